The number of ether oxygens (including phenoxy) is 2. The molecule has 0 aliphatic carbocycles. The van der Waals surface area contributed by atoms with Gasteiger partial charge in [-0.2, -0.15) is 5.10 Å². The molecule has 0 saturated heterocycles. The molecule has 25 heavy (non-hydrogen) atoms. The van der Waals surface area contributed by atoms with Gasteiger partial charge in [-0.15, -0.1) is 0 Å². The Bertz CT molecular complexity index is 932. The third-order valence-corrected chi connectivity index (χ3v) is 3.57. The van der Waals surface area contributed by atoms with Crippen LogP contribution in [0.5, 0.6) is 11.5 Å². The van der Waals surface area contributed by atoms with Crippen LogP contribution in [-0.4, -0.2) is 22.4 Å². The predicted octanol–water partition coefficient (Wildman–Crippen LogP) is 2.79. The lowest BCUT2D eigenvalue weighted by Gasteiger charge is -2.08. The Hall–Kier alpha value is -3.15. The number of hydrogen-bond acceptors (Lipinski definition) is 5. The smallest absolute Gasteiger partial charge is 0.333 e. The maximum Gasteiger partial charge on any atom is 0.333 e. The highest BCUT2D eigenvalue weighted by Gasteiger charge is 2.10. The van der Waals surface area contributed by atoms with Crippen molar-refractivity contribution < 1.29 is 14.3 Å². The molecule has 0 unspecified atom stereocenters. The maximum absolute atomic E-state index is 12.3. The Labute approximate surface area is 144 Å². The Balaban J connectivity index is 1.68. The van der Waals surface area contributed by atoms with E-state index in [1.807, 2.05) is 13.0 Å². The van der Waals surface area contributed by atoms with Crippen molar-refractivity contribution in [3.05, 3.63) is 65.1 Å². The molecule has 0 atom stereocenters. The number of esters is 1. The molecule has 0 aliphatic heterocycles. The molecule has 0 amide bonds. The number of aromatic nitrogens is 2. The van der Waals surface area contributed by atoms with Crippen molar-refractivity contribution in [3.8, 4) is 11.5 Å². The minimum absolute atomic E-state index is 0.252. The van der Waals surface area contributed by atoms with Crippen LogP contribution < -0.4 is 15.0 Å². The molecule has 128 valence electrons. The summed E-state index contributed by atoms with van der Waals surface area (Å²) in [7, 11) is 0. The lowest BCUT2D eigenvalue weighted by Crippen LogP contribution is -2.28. The van der Waals surface area contributed by atoms with E-state index in [9.17, 15) is 9.59 Å². The number of carbonyl (C=O) groups excluding carboxylic acids is 1. The largest absolute Gasteiger partial charge is 0.494 e. The fourth-order valence-corrected chi connectivity index (χ4v) is 2.35. The Morgan fingerprint density at radius 3 is 2.56 bits per heavy atom. The van der Waals surface area contributed by atoms with Crippen LogP contribution in [0.1, 0.15) is 13.3 Å². The van der Waals surface area contributed by atoms with Crippen LogP contribution >= 0.6 is 0 Å². The molecule has 6 nitrogen and oxygen atoms in total. The topological polar surface area (TPSA) is 70.4 Å². The molecular formula is C19H18N2O4. The molecule has 3 aromatic rings. The molecule has 0 saturated carbocycles. The summed E-state index contributed by atoms with van der Waals surface area (Å²) in [4.78, 5) is 24.4. The number of hydrogen-bond donors (Lipinski definition) is 0. The number of benzene rings is 2. The highest BCUT2D eigenvalue weighted by atomic mass is 16.5. The highest BCUT2D eigenvalue weighted by Crippen LogP contribution is 2.18. The minimum atomic E-state index is -0.563. The van der Waals surface area contributed by atoms with Crippen molar-refractivity contribution in [2.75, 3.05) is 6.61 Å². The van der Waals surface area contributed by atoms with Gasteiger partial charge < -0.3 is 9.47 Å². The molecule has 0 spiro atoms. The van der Waals surface area contributed by atoms with Crippen LogP contribution in [0.3, 0.4) is 0 Å². The van der Waals surface area contributed by atoms with Crippen molar-refractivity contribution >= 4 is 16.7 Å². The van der Waals surface area contributed by atoms with Gasteiger partial charge in [-0.25, -0.2) is 9.48 Å². The van der Waals surface area contributed by atoms with Crippen molar-refractivity contribution in [1.29, 1.82) is 0 Å². The first kappa shape index (κ1) is 16.7. The van der Waals surface area contributed by atoms with E-state index in [0.29, 0.717) is 23.5 Å². The highest BCUT2D eigenvalue weighted by molar-refractivity contribution is 5.80. The van der Waals surface area contributed by atoms with Crippen LogP contribution in [0.2, 0.25) is 0 Å². The van der Waals surface area contributed by atoms with Gasteiger partial charge in [0.2, 0.25) is 0 Å². The Morgan fingerprint density at radius 2 is 1.80 bits per heavy atom. The second kappa shape index (κ2) is 7.61. The van der Waals surface area contributed by atoms with Crippen molar-refractivity contribution in [3.63, 3.8) is 0 Å². The fourth-order valence-electron chi connectivity index (χ4n) is 2.35. The summed E-state index contributed by atoms with van der Waals surface area (Å²) in [6.07, 6.45) is 2.48. The van der Waals surface area contributed by atoms with Crippen LogP contribution in [0, 0.1) is 0 Å². The van der Waals surface area contributed by atoms with E-state index in [4.69, 9.17) is 9.47 Å². The van der Waals surface area contributed by atoms with Crippen molar-refractivity contribution in [2.24, 2.45) is 0 Å². The zero-order valence-electron chi connectivity index (χ0n) is 13.8. The molecular weight excluding hydrogens is 320 g/mol. The van der Waals surface area contributed by atoms with Crippen LogP contribution in [0.15, 0.2) is 59.5 Å². The molecule has 0 fully saturated rings. The SMILES string of the molecule is CCCOc1ccc(OC(=O)Cn2ncc3ccccc3c2=O)cc1. The van der Waals surface area contributed by atoms with Gasteiger partial charge in [-0.05, 0) is 36.8 Å². The van der Waals surface area contributed by atoms with Gasteiger partial charge in [0.05, 0.1) is 18.2 Å². The molecule has 1 aromatic heterocycles. The summed E-state index contributed by atoms with van der Waals surface area (Å²) in [5.74, 6) is 0.545. The van der Waals surface area contributed by atoms with Gasteiger partial charge in [0.1, 0.15) is 18.0 Å². The standard InChI is InChI=1S/C19H18N2O4/c1-2-11-24-15-7-9-16(10-8-15)25-18(22)13-21-19(23)17-6-4-3-5-14(17)12-20-21/h3-10,12H,2,11,13H2,1H3. The number of nitrogens with zero attached hydrogens (tertiary/aromatic N) is 2. The van der Waals surface area contributed by atoms with Crippen molar-refractivity contribution in [1.82, 2.24) is 9.78 Å². The van der Waals surface area contributed by atoms with Gasteiger partial charge in [-0.1, -0.05) is 25.1 Å². The van der Waals surface area contributed by atoms with Gasteiger partial charge in [-0.3, -0.25) is 4.79 Å². The molecule has 0 N–H and O–H groups in total. The van der Waals surface area contributed by atoms with E-state index in [0.717, 1.165) is 16.5 Å². The van der Waals surface area contributed by atoms with E-state index in [2.05, 4.69) is 5.10 Å². The Morgan fingerprint density at radius 1 is 1.08 bits per heavy atom. The van der Waals surface area contributed by atoms with Gasteiger partial charge >= 0.3 is 5.97 Å². The minimum Gasteiger partial charge on any atom is -0.494 e. The summed E-state index contributed by atoms with van der Waals surface area (Å²) in [5, 5.41) is 5.27. The molecule has 6 heteroatoms. The first-order valence-electron chi connectivity index (χ1n) is 8.06. The summed E-state index contributed by atoms with van der Waals surface area (Å²) in [6, 6.07) is 13.9. The van der Waals surface area contributed by atoms with E-state index < -0.39 is 5.97 Å². The number of carbonyl (C=O) groups is 1. The second-order valence-corrected chi connectivity index (χ2v) is 5.49. The van der Waals surface area contributed by atoms with Crippen LogP contribution in [0.4, 0.5) is 0 Å². The maximum atomic E-state index is 12.3. The second-order valence-electron chi connectivity index (χ2n) is 5.49. The first-order valence-corrected chi connectivity index (χ1v) is 8.06. The van der Waals surface area contributed by atoms with Crippen LogP contribution in [-0.2, 0) is 11.3 Å². The Kier molecular flexibility index (Phi) is 5.09. The molecule has 2 aromatic carbocycles. The molecule has 1 heterocycles. The van der Waals surface area contributed by atoms with Gasteiger partial charge in [0.25, 0.3) is 5.56 Å². The molecule has 0 radical (unpaired) electrons. The summed E-state index contributed by atoms with van der Waals surface area (Å²) in [5.41, 5.74) is -0.321. The average Bonchev–Trinajstić information content (AvgIpc) is 2.64. The van der Waals surface area contributed by atoms with E-state index in [-0.39, 0.29) is 12.1 Å². The molecule has 3 rings (SSSR count). The summed E-state index contributed by atoms with van der Waals surface area (Å²) >= 11 is 0. The monoisotopic (exact) mass is 338 g/mol. The normalized spacial score (nSPS) is 10.6. The van der Waals surface area contributed by atoms with E-state index in [1.165, 1.54) is 0 Å². The van der Waals surface area contributed by atoms with Gasteiger partial charge in [0, 0.05) is 5.39 Å². The fraction of sp³-hybridized carbons (Fsp3) is 0.211. The zero-order chi connectivity index (χ0) is 17.6. The van der Waals surface area contributed by atoms with Crippen LogP contribution in [0.25, 0.3) is 10.8 Å². The van der Waals surface area contributed by atoms with Gasteiger partial charge in [0.15, 0.2) is 0 Å². The predicted molar refractivity (Wildman–Crippen MR) is 93.9 cm³/mol. The average molecular weight is 338 g/mol. The molecule has 0 aliphatic rings. The van der Waals surface area contributed by atoms with E-state index in [1.54, 1.807) is 48.7 Å². The third-order valence-electron chi connectivity index (χ3n) is 3.57. The number of fused-ring (bicyclic) bond motifs is 1. The van der Waals surface area contributed by atoms with Crippen molar-refractivity contribution in [2.45, 2.75) is 19.9 Å². The first-order chi connectivity index (χ1) is 12.2. The number of rotatable bonds is 6. The molecule has 0 bridgehead atoms. The summed E-state index contributed by atoms with van der Waals surface area (Å²) < 4.78 is 11.8. The lowest BCUT2D eigenvalue weighted by molar-refractivity contribution is -0.135. The summed E-state index contributed by atoms with van der Waals surface area (Å²) in [6.45, 7) is 2.41. The third kappa shape index (κ3) is 4.03. The van der Waals surface area contributed by atoms with E-state index >= 15 is 0 Å². The lowest BCUT2D eigenvalue weighted by atomic mass is 10.2. The quantitative estimate of drug-likeness (QED) is 0.510. The zero-order valence-corrected chi connectivity index (χ0v) is 13.8.